The van der Waals surface area contributed by atoms with Crippen LogP contribution in [0, 0.1) is 6.92 Å². The summed E-state index contributed by atoms with van der Waals surface area (Å²) in [5, 5.41) is 9.07. The van der Waals surface area contributed by atoms with Gasteiger partial charge in [-0.1, -0.05) is 30.3 Å². The molecule has 6 heteroatoms. The highest BCUT2D eigenvalue weighted by Gasteiger charge is 2.35. The fourth-order valence-corrected chi connectivity index (χ4v) is 4.17. The first-order chi connectivity index (χ1) is 12.2. The third kappa shape index (κ3) is 5.20. The molecule has 142 valence electrons. The molecule has 2 N–H and O–H groups in total. The Morgan fingerprint density at radius 3 is 2.58 bits per heavy atom. The molecule has 0 saturated carbocycles. The van der Waals surface area contributed by atoms with Crippen LogP contribution in [0.5, 0.6) is 0 Å². The Kier molecular flexibility index (Phi) is 8.37. The van der Waals surface area contributed by atoms with Crippen LogP contribution in [0.1, 0.15) is 28.8 Å². The van der Waals surface area contributed by atoms with Crippen molar-refractivity contribution in [3.63, 3.8) is 0 Å². The third-order valence-electron chi connectivity index (χ3n) is 4.99. The maximum absolute atomic E-state index is 5.64. The van der Waals surface area contributed by atoms with E-state index in [0.29, 0.717) is 0 Å². The summed E-state index contributed by atoms with van der Waals surface area (Å²) < 4.78 is 5.64. The number of rotatable bonds is 5. The van der Waals surface area contributed by atoms with Gasteiger partial charge in [0.25, 0.3) is 0 Å². The van der Waals surface area contributed by atoms with Crippen LogP contribution >= 0.6 is 35.3 Å². The van der Waals surface area contributed by atoms with E-state index in [2.05, 4.69) is 64.3 Å². The summed E-state index contributed by atoms with van der Waals surface area (Å²) in [5.41, 5.74) is 2.89. The van der Waals surface area contributed by atoms with E-state index in [1.807, 2.05) is 7.05 Å². The number of guanidine groups is 1. The Bertz CT molecular complexity index is 697. The molecule has 4 nitrogen and oxygen atoms in total. The van der Waals surface area contributed by atoms with Gasteiger partial charge in [-0.15, -0.1) is 35.3 Å². The third-order valence-corrected chi connectivity index (χ3v) is 5.87. The first-order valence-corrected chi connectivity index (χ1v) is 9.72. The Morgan fingerprint density at radius 2 is 1.92 bits per heavy atom. The van der Waals surface area contributed by atoms with Crippen LogP contribution in [0.2, 0.25) is 0 Å². The minimum atomic E-state index is 0. The van der Waals surface area contributed by atoms with Crippen LogP contribution in [-0.2, 0) is 16.7 Å². The Balaban J connectivity index is 0.00000243. The van der Waals surface area contributed by atoms with Gasteiger partial charge in [0.15, 0.2) is 5.96 Å². The van der Waals surface area contributed by atoms with E-state index < -0.39 is 0 Å². The Morgan fingerprint density at radius 1 is 1.15 bits per heavy atom. The van der Waals surface area contributed by atoms with Gasteiger partial charge in [0.2, 0.25) is 0 Å². The number of thiophene rings is 1. The van der Waals surface area contributed by atoms with E-state index in [9.17, 15) is 0 Å². The van der Waals surface area contributed by atoms with Crippen molar-refractivity contribution in [2.75, 3.05) is 26.8 Å². The van der Waals surface area contributed by atoms with Gasteiger partial charge in [0.05, 0.1) is 6.54 Å². The molecule has 2 aromatic rings. The fourth-order valence-electron chi connectivity index (χ4n) is 3.53. The summed E-state index contributed by atoms with van der Waals surface area (Å²) in [6.07, 6.45) is 2.07. The summed E-state index contributed by atoms with van der Waals surface area (Å²) in [5.74, 6) is 0.854. The number of hydrogen-bond acceptors (Lipinski definition) is 3. The average molecular weight is 485 g/mol. The minimum absolute atomic E-state index is 0. The van der Waals surface area contributed by atoms with Crippen molar-refractivity contribution in [2.45, 2.75) is 31.7 Å². The number of ether oxygens (including phenoxy) is 1. The van der Waals surface area contributed by atoms with Crippen molar-refractivity contribution in [1.29, 1.82) is 0 Å². The van der Waals surface area contributed by atoms with E-state index in [-0.39, 0.29) is 29.4 Å². The van der Waals surface area contributed by atoms with Crippen LogP contribution < -0.4 is 10.6 Å². The largest absolute Gasteiger partial charge is 0.381 e. The highest BCUT2D eigenvalue weighted by molar-refractivity contribution is 14.0. The van der Waals surface area contributed by atoms with Crippen LogP contribution in [-0.4, -0.2) is 32.8 Å². The molecule has 0 spiro atoms. The summed E-state index contributed by atoms with van der Waals surface area (Å²) in [6.45, 7) is 5.51. The number of aliphatic imine (C=N–C) groups is 1. The molecule has 0 radical (unpaired) electrons. The van der Waals surface area contributed by atoms with Crippen molar-refractivity contribution >= 4 is 41.3 Å². The molecule has 1 saturated heterocycles. The quantitative estimate of drug-likeness (QED) is 0.381. The minimum Gasteiger partial charge on any atom is -0.381 e. The summed E-state index contributed by atoms with van der Waals surface area (Å²) in [7, 11) is 1.83. The molecule has 3 rings (SSSR count). The summed E-state index contributed by atoms with van der Waals surface area (Å²) >= 11 is 1.76. The predicted octanol–water partition coefficient (Wildman–Crippen LogP) is 4.09. The molecule has 1 aromatic heterocycles. The lowest BCUT2D eigenvalue weighted by atomic mass is 9.72. The highest BCUT2D eigenvalue weighted by atomic mass is 127. The van der Waals surface area contributed by atoms with Crippen LogP contribution in [0.3, 0.4) is 0 Å². The van der Waals surface area contributed by atoms with E-state index >= 15 is 0 Å². The molecule has 1 aliphatic heterocycles. The first-order valence-electron chi connectivity index (χ1n) is 8.84. The zero-order valence-electron chi connectivity index (χ0n) is 15.5. The number of nitrogens with zero attached hydrogens (tertiary/aromatic N) is 1. The van der Waals surface area contributed by atoms with Crippen LogP contribution in [0.25, 0.3) is 0 Å². The molecule has 0 atom stereocenters. The number of halogens is 1. The zero-order chi connectivity index (χ0) is 17.5. The molecule has 0 aliphatic carbocycles. The fraction of sp³-hybridized carbons (Fsp3) is 0.450. The standard InChI is InChI=1S/C20H27N3OS.HI/c1-16-6-3-4-8-18(16)20(9-11-24-12-10-20)15-23-19(21-2)22-14-17-7-5-13-25-17;/h3-8,13H,9-12,14-15H2,1-2H3,(H2,21,22,23);1H. The van der Waals surface area contributed by atoms with Crippen molar-refractivity contribution in [1.82, 2.24) is 10.6 Å². The van der Waals surface area contributed by atoms with Crippen LogP contribution in [0.15, 0.2) is 46.8 Å². The smallest absolute Gasteiger partial charge is 0.191 e. The molecule has 0 bridgehead atoms. The molecule has 0 amide bonds. The molecule has 26 heavy (non-hydrogen) atoms. The average Bonchev–Trinajstić information content (AvgIpc) is 3.16. The Hall–Kier alpha value is -1.12. The van der Waals surface area contributed by atoms with E-state index in [4.69, 9.17) is 4.74 Å². The van der Waals surface area contributed by atoms with Gasteiger partial charge in [-0.3, -0.25) is 4.99 Å². The molecule has 0 unspecified atom stereocenters. The molecular formula is C20H28IN3OS. The maximum Gasteiger partial charge on any atom is 0.191 e. The van der Waals surface area contributed by atoms with E-state index in [0.717, 1.165) is 45.1 Å². The highest BCUT2D eigenvalue weighted by Crippen LogP contribution is 2.36. The number of aryl methyl sites for hydroxylation is 1. The zero-order valence-corrected chi connectivity index (χ0v) is 18.6. The van der Waals surface area contributed by atoms with Gasteiger partial charge < -0.3 is 15.4 Å². The topological polar surface area (TPSA) is 45.7 Å². The second kappa shape index (κ2) is 10.3. The maximum atomic E-state index is 5.64. The predicted molar refractivity (Wildman–Crippen MR) is 121 cm³/mol. The summed E-state index contributed by atoms with van der Waals surface area (Å²) in [6, 6.07) is 12.9. The Labute approximate surface area is 177 Å². The lowest BCUT2D eigenvalue weighted by Gasteiger charge is -2.39. The van der Waals surface area contributed by atoms with Gasteiger partial charge >= 0.3 is 0 Å². The number of nitrogens with one attached hydrogen (secondary N) is 2. The van der Waals surface area contributed by atoms with Crippen molar-refractivity contribution in [2.24, 2.45) is 4.99 Å². The molecule has 1 aromatic carbocycles. The molecule has 1 fully saturated rings. The first kappa shape index (κ1) is 21.2. The number of benzene rings is 1. The number of hydrogen-bond donors (Lipinski definition) is 2. The van der Waals surface area contributed by atoms with E-state index in [1.165, 1.54) is 16.0 Å². The molecule has 1 aliphatic rings. The molecular weight excluding hydrogens is 457 g/mol. The van der Waals surface area contributed by atoms with Crippen molar-refractivity contribution < 1.29 is 4.74 Å². The molecule has 2 heterocycles. The SMILES string of the molecule is CN=C(NCc1cccs1)NCC1(c2ccccc2C)CCOCC1.I. The van der Waals surface area contributed by atoms with Crippen molar-refractivity contribution in [3.8, 4) is 0 Å². The van der Waals surface area contributed by atoms with Crippen molar-refractivity contribution in [3.05, 3.63) is 57.8 Å². The van der Waals surface area contributed by atoms with Gasteiger partial charge in [-0.2, -0.15) is 0 Å². The second-order valence-corrected chi connectivity index (χ2v) is 7.60. The normalized spacial score (nSPS) is 16.6. The summed E-state index contributed by atoms with van der Waals surface area (Å²) in [4.78, 5) is 5.69. The lowest BCUT2D eigenvalue weighted by molar-refractivity contribution is 0.0512. The second-order valence-electron chi connectivity index (χ2n) is 6.57. The lowest BCUT2D eigenvalue weighted by Crippen LogP contribution is -2.48. The van der Waals surface area contributed by atoms with Gasteiger partial charge in [-0.05, 0) is 42.3 Å². The monoisotopic (exact) mass is 485 g/mol. The van der Waals surface area contributed by atoms with Gasteiger partial charge in [-0.25, -0.2) is 0 Å². The van der Waals surface area contributed by atoms with Gasteiger partial charge in [0, 0.05) is 37.1 Å². The van der Waals surface area contributed by atoms with Gasteiger partial charge in [0.1, 0.15) is 0 Å². The van der Waals surface area contributed by atoms with E-state index in [1.54, 1.807) is 11.3 Å². The van der Waals surface area contributed by atoms with Crippen LogP contribution in [0.4, 0.5) is 0 Å².